The number of aryl methyl sites for hydroxylation is 1. The summed E-state index contributed by atoms with van der Waals surface area (Å²) >= 11 is 1.50. The van der Waals surface area contributed by atoms with Crippen LogP contribution in [0.4, 0.5) is 5.69 Å². The number of hydrogen-bond acceptors (Lipinski definition) is 4. The molecule has 2 aromatic rings. The molecule has 0 aliphatic carbocycles. The van der Waals surface area contributed by atoms with Crippen LogP contribution in [0, 0.1) is 6.92 Å². The number of furan rings is 1. The van der Waals surface area contributed by atoms with Gasteiger partial charge >= 0.3 is 0 Å². The van der Waals surface area contributed by atoms with Gasteiger partial charge in [0.05, 0.1) is 17.5 Å². The predicted octanol–water partition coefficient (Wildman–Crippen LogP) is 3.29. The maximum atomic E-state index is 12.6. The molecule has 0 spiro atoms. The molecule has 1 unspecified atom stereocenters. The van der Waals surface area contributed by atoms with Crippen LogP contribution in [0.3, 0.4) is 0 Å². The van der Waals surface area contributed by atoms with Crippen molar-refractivity contribution in [1.29, 1.82) is 0 Å². The molecule has 0 radical (unpaired) electrons. The predicted molar refractivity (Wildman–Crippen MR) is 89.6 cm³/mol. The summed E-state index contributed by atoms with van der Waals surface area (Å²) in [4.78, 5) is 26.9. The van der Waals surface area contributed by atoms with Crippen LogP contribution in [0.25, 0.3) is 0 Å². The lowest BCUT2D eigenvalue weighted by molar-refractivity contribution is -0.115. The number of carbonyl (C=O) groups excluding carboxylic acids is 2. The van der Waals surface area contributed by atoms with Crippen LogP contribution < -0.4 is 5.32 Å². The first-order valence-corrected chi connectivity index (χ1v) is 8.24. The first-order chi connectivity index (χ1) is 10.9. The van der Waals surface area contributed by atoms with Gasteiger partial charge in [0.15, 0.2) is 0 Å². The average molecular weight is 330 g/mol. The van der Waals surface area contributed by atoms with Crippen molar-refractivity contribution in [3.8, 4) is 0 Å². The van der Waals surface area contributed by atoms with Gasteiger partial charge < -0.3 is 14.6 Å². The van der Waals surface area contributed by atoms with Crippen molar-refractivity contribution in [2.24, 2.45) is 0 Å². The first-order valence-electron chi connectivity index (χ1n) is 7.36. The minimum Gasteiger partial charge on any atom is -0.464 e. The zero-order valence-electron chi connectivity index (χ0n) is 13.3. The number of nitrogens with zero attached hydrogens (tertiary/aromatic N) is 1. The summed E-state index contributed by atoms with van der Waals surface area (Å²) in [7, 11) is 1.73. The van der Waals surface area contributed by atoms with E-state index in [2.05, 4.69) is 5.32 Å². The third-order valence-corrected chi connectivity index (χ3v) is 4.87. The van der Waals surface area contributed by atoms with Crippen LogP contribution in [0.2, 0.25) is 0 Å². The molecule has 1 atom stereocenters. The van der Waals surface area contributed by atoms with Gasteiger partial charge in [0.2, 0.25) is 5.91 Å². The Labute approximate surface area is 139 Å². The molecule has 1 aromatic heterocycles. The number of benzene rings is 1. The maximum Gasteiger partial charge on any atom is 0.254 e. The van der Waals surface area contributed by atoms with Crippen molar-refractivity contribution < 1.29 is 14.0 Å². The fraction of sp³-hybridized carbons (Fsp3) is 0.294. The van der Waals surface area contributed by atoms with Crippen molar-refractivity contribution in [1.82, 2.24) is 4.90 Å². The molecular weight excluding hydrogens is 312 g/mol. The molecule has 23 heavy (non-hydrogen) atoms. The van der Waals surface area contributed by atoms with E-state index >= 15 is 0 Å². The summed E-state index contributed by atoms with van der Waals surface area (Å²) in [5.41, 5.74) is 1.25. The summed E-state index contributed by atoms with van der Waals surface area (Å²) in [6, 6.07) is 9.15. The van der Waals surface area contributed by atoms with Crippen molar-refractivity contribution >= 4 is 29.3 Å². The lowest BCUT2D eigenvalue weighted by atomic mass is 10.1. The summed E-state index contributed by atoms with van der Waals surface area (Å²) in [6.07, 6.45) is 0. The Kier molecular flexibility index (Phi) is 4.17. The van der Waals surface area contributed by atoms with Gasteiger partial charge in [0, 0.05) is 17.5 Å². The third kappa shape index (κ3) is 3.27. The van der Waals surface area contributed by atoms with E-state index in [0.29, 0.717) is 17.8 Å². The fourth-order valence-corrected chi connectivity index (χ4v) is 3.37. The molecule has 1 aromatic carbocycles. The molecule has 0 saturated heterocycles. The van der Waals surface area contributed by atoms with Crippen molar-refractivity contribution in [3.63, 3.8) is 0 Å². The number of anilines is 1. The zero-order valence-corrected chi connectivity index (χ0v) is 14.1. The number of carbonyl (C=O) groups is 2. The molecule has 5 nitrogen and oxygen atoms in total. The van der Waals surface area contributed by atoms with E-state index in [4.69, 9.17) is 4.42 Å². The number of amides is 2. The molecular formula is C17H18N2O3S. The van der Waals surface area contributed by atoms with E-state index in [0.717, 1.165) is 16.4 Å². The van der Waals surface area contributed by atoms with Gasteiger partial charge in [-0.1, -0.05) is 0 Å². The molecule has 1 aliphatic heterocycles. The van der Waals surface area contributed by atoms with E-state index < -0.39 is 0 Å². The van der Waals surface area contributed by atoms with E-state index in [-0.39, 0.29) is 17.1 Å². The Hall–Kier alpha value is -2.21. The Bertz CT molecular complexity index is 769. The highest BCUT2D eigenvalue weighted by molar-refractivity contribution is 8.00. The Morgan fingerprint density at radius 3 is 2.83 bits per heavy atom. The summed E-state index contributed by atoms with van der Waals surface area (Å²) < 4.78 is 5.50. The average Bonchev–Trinajstić information content (AvgIpc) is 2.92. The van der Waals surface area contributed by atoms with Crippen LogP contribution in [0.1, 0.15) is 28.8 Å². The highest BCUT2D eigenvalue weighted by Gasteiger charge is 2.24. The molecule has 1 aliphatic rings. The van der Waals surface area contributed by atoms with E-state index in [1.807, 2.05) is 32.0 Å². The van der Waals surface area contributed by atoms with E-state index in [1.165, 1.54) is 11.8 Å². The number of nitrogens with one attached hydrogen (secondary N) is 1. The van der Waals surface area contributed by atoms with Gasteiger partial charge in [-0.05, 0) is 44.2 Å². The third-order valence-electron chi connectivity index (χ3n) is 3.69. The Morgan fingerprint density at radius 1 is 1.35 bits per heavy atom. The molecule has 6 heteroatoms. The van der Waals surface area contributed by atoms with Crippen molar-refractivity contribution in [2.45, 2.75) is 30.5 Å². The second kappa shape index (κ2) is 6.12. The molecule has 0 fully saturated rings. The standard InChI is InChI=1S/C17H18N2O3S/c1-10-4-6-13(22-10)9-19(3)17(21)12-5-7-15-14(8-12)18-16(20)11(2)23-15/h4-8,11H,9H2,1-3H3,(H,18,20). The largest absolute Gasteiger partial charge is 0.464 e. The van der Waals surface area contributed by atoms with Crippen LogP contribution >= 0.6 is 11.8 Å². The molecule has 3 rings (SSSR count). The molecule has 0 bridgehead atoms. The van der Waals surface area contributed by atoms with Gasteiger partial charge in [-0.2, -0.15) is 0 Å². The van der Waals surface area contributed by atoms with Crippen molar-refractivity contribution in [3.05, 3.63) is 47.4 Å². The van der Waals surface area contributed by atoms with Gasteiger partial charge in [0.25, 0.3) is 5.91 Å². The summed E-state index contributed by atoms with van der Waals surface area (Å²) in [5, 5.41) is 2.73. The Balaban J connectivity index is 1.77. The molecule has 1 N–H and O–H groups in total. The smallest absolute Gasteiger partial charge is 0.254 e. The number of hydrogen-bond donors (Lipinski definition) is 1. The SMILES string of the molecule is Cc1ccc(CN(C)C(=O)c2ccc3c(c2)NC(=O)C(C)S3)o1. The molecule has 2 heterocycles. The van der Waals surface area contributed by atoms with Gasteiger partial charge in [-0.25, -0.2) is 0 Å². The van der Waals surface area contributed by atoms with Gasteiger partial charge in [0.1, 0.15) is 11.5 Å². The maximum absolute atomic E-state index is 12.6. The zero-order chi connectivity index (χ0) is 16.6. The van der Waals surface area contributed by atoms with Crippen LogP contribution in [0.15, 0.2) is 39.6 Å². The minimum atomic E-state index is -0.117. The lowest BCUT2D eigenvalue weighted by Crippen LogP contribution is -2.28. The highest BCUT2D eigenvalue weighted by atomic mass is 32.2. The first kappa shape index (κ1) is 15.7. The van der Waals surface area contributed by atoms with E-state index in [9.17, 15) is 9.59 Å². The van der Waals surface area contributed by atoms with Crippen LogP contribution in [0.5, 0.6) is 0 Å². The van der Waals surface area contributed by atoms with E-state index in [1.54, 1.807) is 24.1 Å². The summed E-state index contributed by atoms with van der Waals surface area (Å²) in [5.74, 6) is 1.42. The highest BCUT2D eigenvalue weighted by Crippen LogP contribution is 2.36. The summed E-state index contributed by atoms with van der Waals surface area (Å²) in [6.45, 7) is 4.14. The topological polar surface area (TPSA) is 62.6 Å². The monoisotopic (exact) mass is 330 g/mol. The second-order valence-electron chi connectivity index (χ2n) is 5.63. The van der Waals surface area contributed by atoms with Crippen LogP contribution in [-0.2, 0) is 11.3 Å². The number of fused-ring (bicyclic) bond motifs is 1. The lowest BCUT2D eigenvalue weighted by Gasteiger charge is -2.22. The fourth-order valence-electron chi connectivity index (χ4n) is 2.44. The number of thioether (sulfide) groups is 1. The minimum absolute atomic E-state index is 0.0356. The molecule has 0 saturated carbocycles. The van der Waals surface area contributed by atoms with Crippen molar-refractivity contribution in [2.75, 3.05) is 12.4 Å². The van der Waals surface area contributed by atoms with Gasteiger partial charge in [-0.15, -0.1) is 11.8 Å². The van der Waals surface area contributed by atoms with Gasteiger partial charge in [-0.3, -0.25) is 9.59 Å². The molecule has 2 amide bonds. The quantitative estimate of drug-likeness (QED) is 0.938. The second-order valence-corrected chi connectivity index (χ2v) is 7.02. The number of rotatable bonds is 3. The van der Waals surface area contributed by atoms with Crippen LogP contribution in [-0.4, -0.2) is 29.0 Å². The molecule has 120 valence electrons. The Morgan fingerprint density at radius 2 is 2.13 bits per heavy atom. The normalized spacial score (nSPS) is 16.7.